The zero-order valence-corrected chi connectivity index (χ0v) is 14.2. The fourth-order valence-electron chi connectivity index (χ4n) is 3.20. The lowest BCUT2D eigenvalue weighted by Crippen LogP contribution is -2.31. The van der Waals surface area contributed by atoms with Gasteiger partial charge in [-0.05, 0) is 38.3 Å². The maximum atomic E-state index is 13.9. The highest BCUT2D eigenvalue weighted by Crippen LogP contribution is 2.29. The second kappa shape index (κ2) is 6.67. The molecule has 1 aliphatic rings. The Morgan fingerprint density at radius 3 is 3.04 bits per heavy atom. The van der Waals surface area contributed by atoms with Crippen molar-refractivity contribution in [3.05, 3.63) is 65.1 Å². The molecule has 2 aromatic heterocycles. The molecule has 3 aromatic rings. The first-order valence-corrected chi connectivity index (χ1v) is 8.46. The number of halogens is 1. The molecule has 1 amide bonds. The first-order chi connectivity index (χ1) is 12.6. The lowest BCUT2D eigenvalue weighted by molar-refractivity contribution is 0.0923. The Labute approximate surface area is 149 Å². The van der Waals surface area contributed by atoms with Crippen LogP contribution in [0.15, 0.2) is 41.1 Å². The van der Waals surface area contributed by atoms with Crippen molar-refractivity contribution in [3.8, 4) is 11.3 Å². The number of amides is 1. The van der Waals surface area contributed by atoms with Crippen LogP contribution in [0, 0.1) is 12.7 Å². The fourth-order valence-corrected chi connectivity index (χ4v) is 3.20. The topological polar surface area (TPSA) is 80.9 Å². The zero-order chi connectivity index (χ0) is 18.1. The summed E-state index contributed by atoms with van der Waals surface area (Å²) in [7, 11) is 0. The Morgan fingerprint density at radius 2 is 2.19 bits per heavy atom. The number of hydrogen-bond donors (Lipinski definition) is 1. The van der Waals surface area contributed by atoms with Gasteiger partial charge in [-0.25, -0.2) is 14.4 Å². The predicted molar refractivity (Wildman–Crippen MR) is 91.8 cm³/mol. The Kier molecular flexibility index (Phi) is 4.20. The van der Waals surface area contributed by atoms with Crippen LogP contribution >= 0.6 is 0 Å². The highest BCUT2D eigenvalue weighted by atomic mass is 19.1. The molecule has 1 aromatic carbocycles. The van der Waals surface area contributed by atoms with Crippen molar-refractivity contribution >= 4 is 5.91 Å². The Morgan fingerprint density at radius 1 is 1.35 bits per heavy atom. The van der Waals surface area contributed by atoms with Gasteiger partial charge in [0.15, 0.2) is 11.5 Å². The minimum Gasteiger partial charge on any atom is -0.355 e. The molecule has 6 nitrogen and oxygen atoms in total. The number of benzene rings is 1. The number of hydrogen-bond acceptors (Lipinski definition) is 5. The molecule has 0 saturated heterocycles. The molecular formula is C19H17FN4O2. The Bertz CT molecular complexity index is 970. The van der Waals surface area contributed by atoms with Crippen LogP contribution in [0.3, 0.4) is 0 Å². The fraction of sp³-hybridized carbons (Fsp3) is 0.263. The lowest BCUT2D eigenvalue weighted by Gasteiger charge is -2.25. The van der Waals surface area contributed by atoms with E-state index in [0.29, 0.717) is 0 Å². The van der Waals surface area contributed by atoms with Gasteiger partial charge in [-0.2, -0.15) is 0 Å². The third-order valence-electron chi connectivity index (χ3n) is 4.49. The van der Waals surface area contributed by atoms with E-state index in [1.165, 1.54) is 12.1 Å². The van der Waals surface area contributed by atoms with Crippen molar-refractivity contribution in [2.24, 2.45) is 0 Å². The normalized spacial score (nSPS) is 16.2. The molecular weight excluding hydrogens is 335 g/mol. The van der Waals surface area contributed by atoms with E-state index in [-0.39, 0.29) is 29.0 Å². The minimum absolute atomic E-state index is 0.114. The van der Waals surface area contributed by atoms with Crippen molar-refractivity contribution in [2.45, 2.75) is 32.2 Å². The van der Waals surface area contributed by atoms with Crippen LogP contribution in [0.25, 0.3) is 11.3 Å². The van der Waals surface area contributed by atoms with E-state index in [9.17, 15) is 9.18 Å². The van der Waals surface area contributed by atoms with E-state index in [4.69, 9.17) is 4.52 Å². The van der Waals surface area contributed by atoms with Crippen LogP contribution in [-0.2, 0) is 6.42 Å². The van der Waals surface area contributed by atoms with Crippen LogP contribution in [0.2, 0.25) is 0 Å². The average Bonchev–Trinajstić information content (AvgIpc) is 3.12. The van der Waals surface area contributed by atoms with Crippen LogP contribution in [0.5, 0.6) is 0 Å². The maximum Gasteiger partial charge on any atom is 0.273 e. The minimum atomic E-state index is -0.427. The van der Waals surface area contributed by atoms with E-state index < -0.39 is 5.82 Å². The maximum absolute atomic E-state index is 13.9. The molecule has 4 rings (SSSR count). The van der Waals surface area contributed by atoms with Crippen molar-refractivity contribution in [3.63, 3.8) is 0 Å². The predicted octanol–water partition coefficient (Wildman–Crippen LogP) is 3.39. The molecule has 0 fully saturated rings. The van der Waals surface area contributed by atoms with E-state index >= 15 is 0 Å². The highest BCUT2D eigenvalue weighted by Gasteiger charge is 2.25. The number of carbonyl (C=O) groups excluding carboxylic acids is 1. The third kappa shape index (κ3) is 3.08. The quantitative estimate of drug-likeness (QED) is 0.781. The number of aryl methyl sites for hydroxylation is 2. The van der Waals surface area contributed by atoms with E-state index in [1.54, 1.807) is 24.4 Å². The number of carbonyl (C=O) groups is 1. The number of rotatable bonds is 3. The Hall–Kier alpha value is -3.09. The first-order valence-electron chi connectivity index (χ1n) is 8.46. The SMILES string of the molecule is Cc1ncc2c(n1)CCC[C@H]2NC(=O)c1cc(-c2ccccc2F)on1. The molecule has 132 valence electrons. The summed E-state index contributed by atoms with van der Waals surface area (Å²) in [6, 6.07) is 7.48. The average molecular weight is 352 g/mol. The van der Waals surface area contributed by atoms with Crippen LogP contribution in [0.4, 0.5) is 4.39 Å². The molecule has 0 spiro atoms. The van der Waals surface area contributed by atoms with Gasteiger partial charge in [-0.1, -0.05) is 17.3 Å². The molecule has 0 aliphatic heterocycles. The summed E-state index contributed by atoms with van der Waals surface area (Å²) in [4.78, 5) is 21.2. The van der Waals surface area contributed by atoms with E-state index in [2.05, 4.69) is 20.4 Å². The van der Waals surface area contributed by atoms with E-state index in [0.717, 1.165) is 36.3 Å². The van der Waals surface area contributed by atoms with Gasteiger partial charge in [0.1, 0.15) is 11.6 Å². The van der Waals surface area contributed by atoms with Crippen molar-refractivity contribution < 1.29 is 13.7 Å². The number of nitrogens with zero attached hydrogens (tertiary/aromatic N) is 3. The molecule has 1 N–H and O–H groups in total. The van der Waals surface area contributed by atoms with Crippen molar-refractivity contribution in [1.82, 2.24) is 20.4 Å². The molecule has 1 atom stereocenters. The number of nitrogens with one attached hydrogen (secondary N) is 1. The van der Waals surface area contributed by atoms with Gasteiger partial charge in [-0.15, -0.1) is 0 Å². The summed E-state index contributed by atoms with van der Waals surface area (Å²) in [6.07, 6.45) is 4.40. The van der Waals surface area contributed by atoms with Gasteiger partial charge in [0.05, 0.1) is 11.6 Å². The standard InChI is InChI=1S/C19H17FN4O2/c1-11-21-10-13-15(22-11)7-4-8-16(13)23-19(25)17-9-18(26-24-17)12-5-2-3-6-14(12)20/h2-3,5-6,9-10,16H,4,7-8H2,1H3,(H,23,25)/t16-/m1/s1. The molecule has 7 heteroatoms. The first kappa shape index (κ1) is 16.4. The van der Waals surface area contributed by atoms with Gasteiger partial charge in [0, 0.05) is 23.5 Å². The molecule has 1 aliphatic carbocycles. The smallest absolute Gasteiger partial charge is 0.273 e. The van der Waals surface area contributed by atoms with Gasteiger partial charge in [-0.3, -0.25) is 4.79 Å². The summed E-state index contributed by atoms with van der Waals surface area (Å²) in [5, 5.41) is 6.74. The summed E-state index contributed by atoms with van der Waals surface area (Å²) < 4.78 is 19.0. The molecule has 0 bridgehead atoms. The van der Waals surface area contributed by atoms with Gasteiger partial charge >= 0.3 is 0 Å². The van der Waals surface area contributed by atoms with Crippen LogP contribution in [-0.4, -0.2) is 21.0 Å². The van der Waals surface area contributed by atoms with Crippen molar-refractivity contribution in [1.29, 1.82) is 0 Å². The Balaban J connectivity index is 1.54. The number of fused-ring (bicyclic) bond motifs is 1. The second-order valence-electron chi connectivity index (χ2n) is 6.29. The van der Waals surface area contributed by atoms with Crippen molar-refractivity contribution in [2.75, 3.05) is 0 Å². The van der Waals surface area contributed by atoms with Gasteiger partial charge in [0.25, 0.3) is 5.91 Å². The van der Waals surface area contributed by atoms with Crippen LogP contribution < -0.4 is 5.32 Å². The van der Waals surface area contributed by atoms with Crippen LogP contribution in [0.1, 0.15) is 46.5 Å². The largest absolute Gasteiger partial charge is 0.355 e. The molecule has 0 saturated carbocycles. The highest BCUT2D eigenvalue weighted by molar-refractivity contribution is 5.93. The zero-order valence-electron chi connectivity index (χ0n) is 14.2. The summed E-state index contributed by atoms with van der Waals surface area (Å²) >= 11 is 0. The summed E-state index contributed by atoms with van der Waals surface area (Å²) in [5.41, 5.74) is 2.30. The van der Waals surface area contributed by atoms with E-state index in [1.807, 2.05) is 6.92 Å². The van der Waals surface area contributed by atoms with Gasteiger partial charge < -0.3 is 9.84 Å². The second-order valence-corrected chi connectivity index (χ2v) is 6.29. The third-order valence-corrected chi connectivity index (χ3v) is 4.49. The molecule has 0 unspecified atom stereocenters. The molecule has 0 radical (unpaired) electrons. The summed E-state index contributed by atoms with van der Waals surface area (Å²) in [6.45, 7) is 1.85. The monoisotopic (exact) mass is 352 g/mol. The molecule has 26 heavy (non-hydrogen) atoms. The molecule has 2 heterocycles. The lowest BCUT2D eigenvalue weighted by atomic mass is 9.92. The number of aromatic nitrogens is 3. The summed E-state index contributed by atoms with van der Waals surface area (Å²) in [5.74, 6) is 0.150. The van der Waals surface area contributed by atoms with Gasteiger partial charge in [0.2, 0.25) is 0 Å².